The molecule has 0 radical (unpaired) electrons. The lowest BCUT2D eigenvalue weighted by Crippen LogP contribution is -2.27. The largest absolute Gasteiger partial charge is 0.744 e. The molecule has 1 atom stereocenters. The number of benzene rings is 1. The van der Waals surface area contributed by atoms with Crippen molar-refractivity contribution in [1.82, 2.24) is 0 Å². The summed E-state index contributed by atoms with van der Waals surface area (Å²) in [5.41, 5.74) is 0.117. The van der Waals surface area contributed by atoms with Crippen molar-refractivity contribution in [2.75, 3.05) is 31.3 Å². The lowest BCUT2D eigenvalue weighted by molar-refractivity contribution is -0.153. The molecule has 0 aliphatic carbocycles. The van der Waals surface area contributed by atoms with Crippen molar-refractivity contribution < 1.29 is 36.9 Å². The van der Waals surface area contributed by atoms with E-state index in [4.69, 9.17) is 14.5 Å². The number of esters is 1. The Bertz CT molecular complexity index is 896. The quantitative estimate of drug-likeness (QED) is 0.190. The van der Waals surface area contributed by atoms with E-state index >= 15 is 0 Å². The maximum atomic E-state index is 11.8. The van der Waals surface area contributed by atoms with Gasteiger partial charge in [-0.2, -0.15) is 0 Å². The summed E-state index contributed by atoms with van der Waals surface area (Å²) in [5.74, 6) is -0.0404. The van der Waals surface area contributed by atoms with Gasteiger partial charge in [0, 0.05) is 7.26 Å². The molecule has 0 saturated heterocycles. The van der Waals surface area contributed by atoms with Gasteiger partial charge in [-0.05, 0) is 66.5 Å². The Morgan fingerprint density at radius 3 is 1.78 bits per heavy atom. The highest BCUT2D eigenvalue weighted by Crippen LogP contribution is 2.57. The van der Waals surface area contributed by atoms with Gasteiger partial charge in [0.05, 0.1) is 40.6 Å². The molecule has 11 heteroatoms. The van der Waals surface area contributed by atoms with Crippen LogP contribution in [0.1, 0.15) is 73.8 Å². The number of ether oxygens (including phenoxy) is 1. The molecule has 2 N–H and O–H groups in total. The number of rotatable bonds is 11. The number of aryl methyl sites for hydroxylation is 1. The van der Waals surface area contributed by atoms with Crippen LogP contribution in [0.25, 0.3) is 0 Å². The lowest BCUT2D eigenvalue weighted by Gasteiger charge is -2.25. The van der Waals surface area contributed by atoms with Crippen molar-refractivity contribution >= 4 is 30.9 Å². The number of hydrogen-bond donors (Lipinski definition) is 2. The van der Waals surface area contributed by atoms with Crippen LogP contribution in [0, 0.1) is 12.3 Å². The van der Waals surface area contributed by atoms with Gasteiger partial charge in [0.15, 0.2) is 0 Å². The first-order chi connectivity index (χ1) is 16.4. The van der Waals surface area contributed by atoms with E-state index < -0.39 is 30.6 Å². The molecule has 0 amide bonds. The fourth-order valence-electron chi connectivity index (χ4n) is 2.76. The minimum atomic E-state index is -4.27. The van der Waals surface area contributed by atoms with E-state index in [1.54, 1.807) is 26.0 Å². The molecule has 0 aliphatic heterocycles. The van der Waals surface area contributed by atoms with Crippen LogP contribution >= 0.6 is 14.9 Å². The monoisotopic (exact) mass is 570 g/mol. The van der Waals surface area contributed by atoms with Crippen LogP contribution in [0.4, 0.5) is 0 Å². The molecule has 0 spiro atoms. The standard InChI is InChI=1S/C14H30O2P.C7H8O3S.C4H11O3P/c1-7-14(5,6)13(15)16-11-12-17(8-2,9-3)10-4;1-6-2-4-7(5-3-6)11(8,9)10;1-3-4(2)8(5,6)7/h7-12H2,1-6H3;2-5H,1H3,(H,8,9,10);4H,3H2,1-2H3,(H2,5,6,7)/q+1;;/p-1. The van der Waals surface area contributed by atoms with Crippen molar-refractivity contribution in [3.8, 4) is 0 Å². The molecule has 0 aromatic heterocycles. The van der Waals surface area contributed by atoms with E-state index in [1.165, 1.54) is 30.6 Å². The zero-order valence-electron chi connectivity index (χ0n) is 23.5. The fraction of sp³-hybridized carbons (Fsp3) is 0.720. The van der Waals surface area contributed by atoms with Crippen molar-refractivity contribution in [2.45, 2.75) is 85.7 Å². The second kappa shape index (κ2) is 16.9. The van der Waals surface area contributed by atoms with Crippen molar-refractivity contribution in [1.29, 1.82) is 0 Å². The summed E-state index contributed by atoms with van der Waals surface area (Å²) in [6.07, 6.45) is 6.28. The Labute approximate surface area is 219 Å². The molecular formula is C25H48O8P2S. The minimum Gasteiger partial charge on any atom is -0.744 e. The molecule has 0 saturated carbocycles. The SMILES string of the molecule is CCC(C)(C)C(=O)OCC[P+](CC)(CC)CC.CCC(C)P(=O)(O)O.Cc1ccc(S(=O)(=O)[O-])cc1. The van der Waals surface area contributed by atoms with Crippen LogP contribution < -0.4 is 0 Å². The summed E-state index contributed by atoms with van der Waals surface area (Å²) in [4.78, 5) is 28.5. The Kier molecular flexibility index (Phi) is 17.5. The van der Waals surface area contributed by atoms with Gasteiger partial charge in [-0.25, -0.2) is 8.42 Å². The highest BCUT2D eigenvalue weighted by Gasteiger charge is 2.33. The van der Waals surface area contributed by atoms with Crippen molar-refractivity contribution in [3.05, 3.63) is 29.8 Å². The smallest absolute Gasteiger partial charge is 0.328 e. The molecule has 0 heterocycles. The van der Waals surface area contributed by atoms with E-state index in [-0.39, 0.29) is 16.3 Å². The molecule has 212 valence electrons. The average molecular weight is 571 g/mol. The number of carbonyl (C=O) groups excluding carboxylic acids is 1. The molecule has 0 fully saturated rings. The average Bonchev–Trinajstić information content (AvgIpc) is 2.81. The van der Waals surface area contributed by atoms with Gasteiger partial charge < -0.3 is 19.1 Å². The molecule has 8 nitrogen and oxygen atoms in total. The first-order valence-corrected chi connectivity index (χ1v) is 18.1. The zero-order valence-corrected chi connectivity index (χ0v) is 26.1. The van der Waals surface area contributed by atoms with Gasteiger partial charge in [-0.15, -0.1) is 0 Å². The summed E-state index contributed by atoms with van der Waals surface area (Å²) in [5, 5.41) is 0. The van der Waals surface area contributed by atoms with Gasteiger partial charge in [-0.3, -0.25) is 9.36 Å². The third kappa shape index (κ3) is 14.8. The van der Waals surface area contributed by atoms with E-state index in [9.17, 15) is 22.3 Å². The Morgan fingerprint density at radius 2 is 1.50 bits per heavy atom. The Morgan fingerprint density at radius 1 is 1.06 bits per heavy atom. The number of carbonyl (C=O) groups is 1. The van der Waals surface area contributed by atoms with E-state index in [1.807, 2.05) is 27.7 Å². The molecule has 1 unspecified atom stereocenters. The van der Waals surface area contributed by atoms with Crippen LogP contribution in [0.3, 0.4) is 0 Å². The summed E-state index contributed by atoms with van der Waals surface area (Å²) in [7, 11) is -8.86. The van der Waals surface area contributed by atoms with Gasteiger partial charge >= 0.3 is 13.6 Å². The molecule has 1 rings (SSSR count). The molecule has 36 heavy (non-hydrogen) atoms. The van der Waals surface area contributed by atoms with Crippen LogP contribution in [-0.2, 0) is 24.2 Å². The van der Waals surface area contributed by atoms with Gasteiger partial charge in [0.2, 0.25) is 0 Å². The highest BCUT2D eigenvalue weighted by atomic mass is 32.2. The maximum absolute atomic E-state index is 11.8. The maximum Gasteiger partial charge on any atom is 0.328 e. The van der Waals surface area contributed by atoms with Crippen LogP contribution in [0.5, 0.6) is 0 Å². The summed E-state index contributed by atoms with van der Waals surface area (Å²) in [6, 6.07) is 5.78. The first kappa shape index (κ1) is 37.3. The summed E-state index contributed by atoms with van der Waals surface area (Å²) in [6.45, 7) is 18.5. The predicted molar refractivity (Wildman–Crippen MR) is 149 cm³/mol. The zero-order chi connectivity index (χ0) is 28.8. The minimum absolute atomic E-state index is 0.0404. The third-order valence-electron chi connectivity index (χ3n) is 6.72. The summed E-state index contributed by atoms with van der Waals surface area (Å²) < 4.78 is 46.9. The Balaban J connectivity index is 0. The first-order valence-electron chi connectivity index (χ1n) is 12.5. The van der Waals surface area contributed by atoms with E-state index in [0.717, 1.165) is 18.1 Å². The highest BCUT2D eigenvalue weighted by molar-refractivity contribution is 7.85. The van der Waals surface area contributed by atoms with Gasteiger partial charge in [0.25, 0.3) is 0 Å². The summed E-state index contributed by atoms with van der Waals surface area (Å²) >= 11 is 0. The third-order valence-corrected chi connectivity index (χ3v) is 14.2. The normalized spacial score (nSPS) is 13.0. The van der Waals surface area contributed by atoms with E-state index in [2.05, 4.69) is 20.8 Å². The van der Waals surface area contributed by atoms with E-state index in [0.29, 0.717) is 13.0 Å². The Hall–Kier alpha value is -0.820. The van der Waals surface area contributed by atoms with Crippen LogP contribution in [0.15, 0.2) is 29.2 Å². The van der Waals surface area contributed by atoms with Gasteiger partial charge in [-0.1, -0.05) is 38.5 Å². The second-order valence-corrected chi connectivity index (χ2v) is 18.0. The van der Waals surface area contributed by atoms with Crippen LogP contribution in [-0.4, -0.2) is 65.6 Å². The van der Waals surface area contributed by atoms with Crippen LogP contribution in [0.2, 0.25) is 0 Å². The topological polar surface area (TPSA) is 141 Å². The van der Waals surface area contributed by atoms with Gasteiger partial charge in [0.1, 0.15) is 16.7 Å². The molecule has 0 aliphatic rings. The number of hydrogen-bond acceptors (Lipinski definition) is 6. The second-order valence-electron chi connectivity index (χ2n) is 9.50. The lowest BCUT2D eigenvalue weighted by atomic mass is 9.91. The molecular weight excluding hydrogens is 522 g/mol. The van der Waals surface area contributed by atoms with Crippen molar-refractivity contribution in [2.24, 2.45) is 5.41 Å². The molecule has 1 aromatic carbocycles. The molecule has 1 aromatic rings. The van der Waals surface area contributed by atoms with Crippen molar-refractivity contribution in [3.63, 3.8) is 0 Å². The predicted octanol–water partition coefficient (Wildman–Crippen LogP) is 5.90. The molecule has 0 bridgehead atoms. The fourth-order valence-corrected chi connectivity index (χ4v) is 6.47.